The Balaban J connectivity index is 2.22. The molecule has 0 aromatic rings. The van der Waals surface area contributed by atoms with Crippen LogP contribution in [-0.4, -0.2) is 48.9 Å². The Morgan fingerprint density at radius 3 is 2.33 bits per heavy atom. The van der Waals surface area contributed by atoms with Crippen molar-refractivity contribution in [1.29, 1.82) is 0 Å². The second-order valence-corrected chi connectivity index (χ2v) is 7.36. The average molecular weight is 300 g/mol. The number of piperidine rings is 1. The van der Waals surface area contributed by atoms with Gasteiger partial charge in [-0.25, -0.2) is 4.79 Å². The van der Waals surface area contributed by atoms with Crippen molar-refractivity contribution >= 4 is 6.09 Å². The molecule has 124 valence electrons. The Morgan fingerprint density at radius 2 is 1.86 bits per heavy atom. The molecule has 0 spiro atoms. The van der Waals surface area contributed by atoms with Crippen LogP contribution in [0.1, 0.15) is 47.5 Å². The number of likely N-dealkylation sites (tertiary alicyclic amines) is 1. The third-order valence-electron chi connectivity index (χ3n) is 3.79. The zero-order valence-corrected chi connectivity index (χ0v) is 14.2. The van der Waals surface area contributed by atoms with E-state index >= 15 is 0 Å². The van der Waals surface area contributed by atoms with E-state index < -0.39 is 5.60 Å². The molecule has 0 saturated carbocycles. The molecule has 2 N–H and O–H groups in total. The number of carbonyl (C=O) groups excluding carboxylic acids is 1. The number of carbonyl (C=O) groups is 1. The van der Waals surface area contributed by atoms with Gasteiger partial charge in [-0.05, 0) is 45.4 Å². The number of rotatable bonds is 5. The fraction of sp³-hybridized carbons (Fsp3) is 0.938. The van der Waals surface area contributed by atoms with E-state index in [2.05, 4.69) is 13.8 Å². The Bertz CT molecular complexity index is 318. The van der Waals surface area contributed by atoms with Crippen LogP contribution in [0.2, 0.25) is 0 Å². The minimum atomic E-state index is -0.427. The second-order valence-electron chi connectivity index (χ2n) is 7.36. The van der Waals surface area contributed by atoms with Crippen molar-refractivity contribution in [3.63, 3.8) is 0 Å². The molecule has 0 bridgehead atoms. The minimum Gasteiger partial charge on any atom is -0.444 e. The van der Waals surface area contributed by atoms with Gasteiger partial charge in [0.25, 0.3) is 0 Å². The summed E-state index contributed by atoms with van der Waals surface area (Å²) in [6.45, 7) is 12.7. The number of amides is 1. The van der Waals surface area contributed by atoms with Crippen LogP contribution in [0.15, 0.2) is 0 Å². The lowest BCUT2D eigenvalue weighted by Crippen LogP contribution is -2.42. The normalized spacial score (nSPS) is 18.9. The molecule has 5 heteroatoms. The number of nitrogens with two attached hydrogens (primary N) is 1. The quantitative estimate of drug-likeness (QED) is 0.847. The highest BCUT2D eigenvalue weighted by atomic mass is 16.6. The largest absolute Gasteiger partial charge is 0.444 e. The van der Waals surface area contributed by atoms with Crippen LogP contribution < -0.4 is 5.73 Å². The van der Waals surface area contributed by atoms with Crippen LogP contribution in [0.3, 0.4) is 0 Å². The second kappa shape index (κ2) is 7.99. The van der Waals surface area contributed by atoms with Crippen molar-refractivity contribution in [2.45, 2.75) is 59.1 Å². The van der Waals surface area contributed by atoms with Crippen molar-refractivity contribution < 1.29 is 14.3 Å². The van der Waals surface area contributed by atoms with Gasteiger partial charge in [0, 0.05) is 25.7 Å². The van der Waals surface area contributed by atoms with Crippen LogP contribution in [0, 0.1) is 11.8 Å². The van der Waals surface area contributed by atoms with E-state index in [1.807, 2.05) is 20.8 Å². The molecule has 1 rings (SSSR count). The summed E-state index contributed by atoms with van der Waals surface area (Å²) >= 11 is 0. The Labute approximate surface area is 129 Å². The fourth-order valence-corrected chi connectivity index (χ4v) is 2.17. The zero-order valence-electron chi connectivity index (χ0n) is 14.2. The first kappa shape index (κ1) is 18.2. The first-order valence-corrected chi connectivity index (χ1v) is 8.00. The maximum atomic E-state index is 12.0. The molecule has 0 aromatic carbocycles. The highest BCUT2D eigenvalue weighted by molar-refractivity contribution is 5.68. The zero-order chi connectivity index (χ0) is 16.0. The first-order chi connectivity index (χ1) is 9.69. The molecule has 1 atom stereocenters. The molecule has 0 aliphatic carbocycles. The van der Waals surface area contributed by atoms with Gasteiger partial charge in [0.2, 0.25) is 0 Å². The predicted octanol–water partition coefficient (Wildman–Crippen LogP) is 2.63. The van der Waals surface area contributed by atoms with Gasteiger partial charge in [-0.3, -0.25) is 0 Å². The summed E-state index contributed by atoms with van der Waals surface area (Å²) in [6, 6.07) is 0.104. The van der Waals surface area contributed by atoms with Crippen LogP contribution in [-0.2, 0) is 9.47 Å². The highest BCUT2D eigenvalue weighted by Crippen LogP contribution is 2.20. The summed E-state index contributed by atoms with van der Waals surface area (Å²) in [7, 11) is 0. The number of ether oxygens (including phenoxy) is 2. The average Bonchev–Trinajstić information content (AvgIpc) is 2.37. The lowest BCUT2D eigenvalue weighted by Gasteiger charge is -2.33. The van der Waals surface area contributed by atoms with Crippen molar-refractivity contribution in [1.82, 2.24) is 4.90 Å². The van der Waals surface area contributed by atoms with Crippen LogP contribution in [0.4, 0.5) is 4.79 Å². The Morgan fingerprint density at radius 1 is 1.29 bits per heavy atom. The molecule has 1 aliphatic rings. The van der Waals surface area contributed by atoms with E-state index in [9.17, 15) is 4.79 Å². The molecule has 1 heterocycles. The van der Waals surface area contributed by atoms with Crippen LogP contribution in [0.25, 0.3) is 0 Å². The Hall–Kier alpha value is -0.810. The standard InChI is InChI=1S/C16H32N2O3/c1-12(2)14(17)11-20-10-13-6-8-18(9-7-13)15(19)21-16(3,4)5/h12-14H,6-11,17H2,1-5H3/t14-/m1/s1. The molecule has 21 heavy (non-hydrogen) atoms. The molecule has 1 saturated heterocycles. The molecule has 5 nitrogen and oxygen atoms in total. The lowest BCUT2D eigenvalue weighted by atomic mass is 9.98. The van der Waals surface area contributed by atoms with Gasteiger partial charge in [0.1, 0.15) is 5.60 Å². The van der Waals surface area contributed by atoms with Gasteiger partial charge < -0.3 is 20.1 Å². The molecule has 1 aliphatic heterocycles. The van der Waals surface area contributed by atoms with Gasteiger partial charge in [-0.1, -0.05) is 13.8 Å². The van der Waals surface area contributed by atoms with Gasteiger partial charge in [-0.2, -0.15) is 0 Å². The molecule has 1 fully saturated rings. The number of hydrogen-bond acceptors (Lipinski definition) is 4. The lowest BCUT2D eigenvalue weighted by molar-refractivity contribution is 0.0103. The summed E-state index contributed by atoms with van der Waals surface area (Å²) in [4.78, 5) is 13.7. The van der Waals surface area contributed by atoms with Crippen LogP contribution in [0.5, 0.6) is 0 Å². The number of hydrogen-bond donors (Lipinski definition) is 1. The summed E-state index contributed by atoms with van der Waals surface area (Å²) in [6.07, 6.45) is 1.73. The summed E-state index contributed by atoms with van der Waals surface area (Å²) in [5.74, 6) is 0.960. The van der Waals surface area contributed by atoms with E-state index in [4.69, 9.17) is 15.2 Å². The summed E-state index contributed by atoms with van der Waals surface area (Å²) in [5, 5.41) is 0. The SMILES string of the molecule is CC(C)[C@H](N)COCC1CCN(C(=O)OC(C)(C)C)CC1. The third-order valence-corrected chi connectivity index (χ3v) is 3.79. The van der Waals surface area contributed by atoms with Crippen molar-refractivity contribution in [3.8, 4) is 0 Å². The van der Waals surface area contributed by atoms with Crippen molar-refractivity contribution in [2.24, 2.45) is 17.6 Å². The van der Waals surface area contributed by atoms with Gasteiger partial charge in [0.05, 0.1) is 6.61 Å². The topological polar surface area (TPSA) is 64.8 Å². The fourth-order valence-electron chi connectivity index (χ4n) is 2.17. The van der Waals surface area contributed by atoms with Gasteiger partial charge >= 0.3 is 6.09 Å². The molecule has 0 aromatic heterocycles. The molecule has 1 amide bonds. The molecule has 0 unspecified atom stereocenters. The highest BCUT2D eigenvalue weighted by Gasteiger charge is 2.26. The summed E-state index contributed by atoms with van der Waals surface area (Å²) < 4.78 is 11.1. The van der Waals surface area contributed by atoms with Gasteiger partial charge in [-0.15, -0.1) is 0 Å². The smallest absolute Gasteiger partial charge is 0.410 e. The monoisotopic (exact) mass is 300 g/mol. The van der Waals surface area contributed by atoms with Gasteiger partial charge in [0.15, 0.2) is 0 Å². The molecule has 0 radical (unpaired) electrons. The van der Waals surface area contributed by atoms with Crippen LogP contribution >= 0.6 is 0 Å². The van der Waals surface area contributed by atoms with E-state index in [1.54, 1.807) is 4.90 Å². The number of nitrogens with zero attached hydrogens (tertiary/aromatic N) is 1. The van der Waals surface area contributed by atoms with E-state index in [0.717, 1.165) is 32.5 Å². The Kier molecular flexibility index (Phi) is 6.94. The predicted molar refractivity (Wildman–Crippen MR) is 84.2 cm³/mol. The van der Waals surface area contributed by atoms with E-state index in [-0.39, 0.29) is 12.1 Å². The maximum Gasteiger partial charge on any atom is 0.410 e. The molecular weight excluding hydrogens is 268 g/mol. The maximum absolute atomic E-state index is 12.0. The van der Waals surface area contributed by atoms with E-state index in [1.165, 1.54) is 0 Å². The third kappa shape index (κ3) is 7.14. The van der Waals surface area contributed by atoms with Crippen molar-refractivity contribution in [2.75, 3.05) is 26.3 Å². The van der Waals surface area contributed by atoms with E-state index in [0.29, 0.717) is 18.4 Å². The first-order valence-electron chi connectivity index (χ1n) is 8.00. The molecular formula is C16H32N2O3. The van der Waals surface area contributed by atoms with Crippen molar-refractivity contribution in [3.05, 3.63) is 0 Å². The summed E-state index contributed by atoms with van der Waals surface area (Å²) in [5.41, 5.74) is 5.53. The minimum absolute atomic E-state index is 0.104.